The number of hydrogen-bond donors (Lipinski definition) is 1. The Kier molecular flexibility index (Phi) is 3.46. The summed E-state index contributed by atoms with van der Waals surface area (Å²) in [7, 11) is 0. The number of aromatic hydroxyl groups is 1. The minimum absolute atomic E-state index is 0.00749. The van der Waals surface area contributed by atoms with Gasteiger partial charge in [-0.25, -0.2) is 4.98 Å². The molecule has 4 aromatic rings. The number of fused-ring (bicyclic) bond motifs is 3. The largest absolute Gasteiger partial charge is 0.507 e. The van der Waals surface area contributed by atoms with E-state index in [0.29, 0.717) is 0 Å². The van der Waals surface area contributed by atoms with Crippen molar-refractivity contribution in [1.82, 2.24) is 9.97 Å². The lowest BCUT2D eigenvalue weighted by Crippen LogP contribution is -2.10. The minimum Gasteiger partial charge on any atom is -0.507 e. The first-order chi connectivity index (χ1) is 11.9. The van der Waals surface area contributed by atoms with Gasteiger partial charge in [-0.05, 0) is 35.2 Å². The van der Waals surface area contributed by atoms with Crippen LogP contribution in [0.1, 0.15) is 26.3 Å². The molecule has 0 bridgehead atoms. The Morgan fingerprint density at radius 3 is 2.32 bits per heavy atom. The van der Waals surface area contributed by atoms with Crippen molar-refractivity contribution in [2.45, 2.75) is 26.2 Å². The fraction of sp³-hybridized carbons (Fsp3) is 0.182. The zero-order valence-corrected chi connectivity index (χ0v) is 14.6. The van der Waals surface area contributed by atoms with Gasteiger partial charge in [-0.15, -0.1) is 0 Å². The molecule has 0 amide bonds. The summed E-state index contributed by atoms with van der Waals surface area (Å²) in [5, 5.41) is 12.5. The number of phenols is 1. The summed E-state index contributed by atoms with van der Waals surface area (Å²) in [6.07, 6.45) is 1.79. The van der Waals surface area contributed by atoms with E-state index >= 15 is 0 Å². The van der Waals surface area contributed by atoms with Gasteiger partial charge >= 0.3 is 0 Å². The molecule has 0 saturated heterocycles. The van der Waals surface area contributed by atoms with Crippen LogP contribution in [0.15, 0.2) is 60.8 Å². The van der Waals surface area contributed by atoms with Crippen LogP contribution in [0, 0.1) is 0 Å². The molecule has 2 aromatic heterocycles. The molecule has 0 aliphatic rings. The van der Waals surface area contributed by atoms with Gasteiger partial charge in [0.25, 0.3) is 0 Å². The maximum atomic E-state index is 10.4. The van der Waals surface area contributed by atoms with Gasteiger partial charge in [-0.1, -0.05) is 51.1 Å². The molecule has 3 nitrogen and oxygen atoms in total. The van der Waals surface area contributed by atoms with Crippen molar-refractivity contribution in [1.29, 1.82) is 0 Å². The Balaban J connectivity index is 1.97. The van der Waals surface area contributed by atoms with Gasteiger partial charge in [0.15, 0.2) is 0 Å². The van der Waals surface area contributed by atoms with Crippen LogP contribution in [-0.4, -0.2) is 15.1 Å². The Morgan fingerprint density at radius 2 is 1.56 bits per heavy atom. The number of benzene rings is 2. The third kappa shape index (κ3) is 2.72. The van der Waals surface area contributed by atoms with Crippen LogP contribution in [0.5, 0.6) is 5.75 Å². The predicted molar refractivity (Wildman–Crippen MR) is 103 cm³/mol. The fourth-order valence-electron chi connectivity index (χ4n) is 3.08. The van der Waals surface area contributed by atoms with Gasteiger partial charge in [0, 0.05) is 22.5 Å². The molecule has 0 atom stereocenters. The molecule has 2 aromatic carbocycles. The van der Waals surface area contributed by atoms with Crippen LogP contribution in [-0.2, 0) is 5.41 Å². The predicted octanol–water partition coefficient (Wildman–Crippen LogP) is 5.45. The number of pyridine rings is 2. The molecule has 0 fully saturated rings. The second-order valence-corrected chi connectivity index (χ2v) is 7.39. The van der Waals surface area contributed by atoms with E-state index < -0.39 is 0 Å². The quantitative estimate of drug-likeness (QED) is 0.472. The van der Waals surface area contributed by atoms with Crippen LogP contribution in [0.4, 0.5) is 0 Å². The molecular formula is C22H20N2O. The summed E-state index contributed by atoms with van der Waals surface area (Å²) in [6, 6.07) is 17.8. The van der Waals surface area contributed by atoms with Crippen molar-refractivity contribution < 1.29 is 5.11 Å². The summed E-state index contributed by atoms with van der Waals surface area (Å²) in [5.41, 5.74) is 4.42. The molecule has 0 saturated carbocycles. The average Bonchev–Trinajstić information content (AvgIpc) is 2.60. The van der Waals surface area contributed by atoms with Crippen LogP contribution >= 0.6 is 0 Å². The van der Waals surface area contributed by atoms with Gasteiger partial charge in [0.05, 0.1) is 16.7 Å². The van der Waals surface area contributed by atoms with Gasteiger partial charge in [-0.3, -0.25) is 4.98 Å². The molecule has 0 spiro atoms. The SMILES string of the molecule is CC(C)(C)c1ccc(O)c(-c2ccc3ccc4cccnc4c3n2)c1. The third-order valence-corrected chi connectivity index (χ3v) is 4.57. The summed E-state index contributed by atoms with van der Waals surface area (Å²) in [4.78, 5) is 9.33. The van der Waals surface area contributed by atoms with E-state index in [2.05, 4.69) is 37.9 Å². The molecule has 3 heteroatoms. The number of rotatable bonds is 1. The third-order valence-electron chi connectivity index (χ3n) is 4.57. The highest BCUT2D eigenvalue weighted by atomic mass is 16.3. The molecule has 0 aliphatic carbocycles. The van der Waals surface area contributed by atoms with Crippen molar-refractivity contribution in [2.75, 3.05) is 0 Å². The minimum atomic E-state index is 0.00749. The Hall–Kier alpha value is -2.94. The highest BCUT2D eigenvalue weighted by Crippen LogP contribution is 2.34. The Morgan fingerprint density at radius 1 is 0.840 bits per heavy atom. The van der Waals surface area contributed by atoms with Gasteiger partial charge in [0.1, 0.15) is 5.75 Å². The first-order valence-electron chi connectivity index (χ1n) is 8.42. The van der Waals surface area contributed by atoms with Crippen molar-refractivity contribution in [3.8, 4) is 17.0 Å². The first kappa shape index (κ1) is 15.6. The number of phenolic OH excluding ortho intramolecular Hbond substituents is 1. The lowest BCUT2D eigenvalue weighted by atomic mass is 9.85. The summed E-state index contributed by atoms with van der Waals surface area (Å²) >= 11 is 0. The normalized spacial score (nSPS) is 12.0. The summed E-state index contributed by atoms with van der Waals surface area (Å²) in [6.45, 7) is 6.48. The second kappa shape index (κ2) is 5.55. The van der Waals surface area contributed by atoms with Gasteiger partial charge in [0.2, 0.25) is 0 Å². The number of aromatic nitrogens is 2. The zero-order valence-electron chi connectivity index (χ0n) is 14.6. The van der Waals surface area contributed by atoms with Crippen LogP contribution in [0.3, 0.4) is 0 Å². The monoisotopic (exact) mass is 328 g/mol. The highest BCUT2D eigenvalue weighted by molar-refractivity contribution is 6.03. The van der Waals surface area contributed by atoms with E-state index in [9.17, 15) is 5.11 Å². The van der Waals surface area contributed by atoms with E-state index in [4.69, 9.17) is 4.98 Å². The Bertz CT molecular complexity index is 1090. The molecule has 0 unspecified atom stereocenters. The van der Waals surface area contributed by atoms with Gasteiger partial charge in [-0.2, -0.15) is 0 Å². The molecule has 2 heterocycles. The van der Waals surface area contributed by atoms with E-state index in [1.807, 2.05) is 36.4 Å². The fourth-order valence-corrected chi connectivity index (χ4v) is 3.08. The second-order valence-electron chi connectivity index (χ2n) is 7.39. The van der Waals surface area contributed by atoms with Crippen molar-refractivity contribution in [2.24, 2.45) is 0 Å². The highest BCUT2D eigenvalue weighted by Gasteiger charge is 2.17. The van der Waals surface area contributed by atoms with Crippen LogP contribution < -0.4 is 0 Å². The number of hydrogen-bond acceptors (Lipinski definition) is 3. The van der Waals surface area contributed by atoms with E-state index in [1.54, 1.807) is 12.3 Å². The Labute approximate surface area is 147 Å². The molecule has 124 valence electrons. The van der Waals surface area contributed by atoms with E-state index in [-0.39, 0.29) is 11.2 Å². The van der Waals surface area contributed by atoms with Crippen LogP contribution in [0.25, 0.3) is 33.1 Å². The van der Waals surface area contributed by atoms with E-state index in [0.717, 1.165) is 33.1 Å². The topological polar surface area (TPSA) is 46.0 Å². The molecule has 25 heavy (non-hydrogen) atoms. The number of nitrogens with zero attached hydrogens (tertiary/aromatic N) is 2. The lowest BCUT2D eigenvalue weighted by Gasteiger charge is -2.20. The average molecular weight is 328 g/mol. The molecule has 0 aliphatic heterocycles. The smallest absolute Gasteiger partial charge is 0.124 e. The molecular weight excluding hydrogens is 308 g/mol. The van der Waals surface area contributed by atoms with Gasteiger partial charge < -0.3 is 5.11 Å². The maximum Gasteiger partial charge on any atom is 0.124 e. The van der Waals surface area contributed by atoms with E-state index in [1.165, 1.54) is 5.56 Å². The molecule has 0 radical (unpaired) electrons. The first-order valence-corrected chi connectivity index (χ1v) is 8.42. The van der Waals surface area contributed by atoms with Crippen LogP contribution in [0.2, 0.25) is 0 Å². The summed E-state index contributed by atoms with van der Waals surface area (Å²) in [5.74, 6) is 0.244. The van der Waals surface area contributed by atoms with Crippen molar-refractivity contribution in [3.63, 3.8) is 0 Å². The lowest BCUT2D eigenvalue weighted by molar-refractivity contribution is 0.476. The standard InChI is InChI=1S/C22H20N2O/c1-22(2,3)16-9-11-19(25)17(13-16)18-10-8-15-7-6-14-5-4-12-23-20(14)21(15)24-18/h4-13,25H,1-3H3. The molecule has 1 N–H and O–H groups in total. The van der Waals surface area contributed by atoms with Crippen molar-refractivity contribution in [3.05, 3.63) is 66.4 Å². The zero-order chi connectivity index (χ0) is 17.6. The summed E-state index contributed by atoms with van der Waals surface area (Å²) < 4.78 is 0. The molecule has 4 rings (SSSR count). The van der Waals surface area contributed by atoms with Crippen molar-refractivity contribution >= 4 is 21.8 Å². The maximum absolute atomic E-state index is 10.4.